The van der Waals surface area contributed by atoms with Gasteiger partial charge in [0.2, 0.25) is 0 Å². The minimum Gasteiger partial charge on any atom is -1.00 e. The minimum atomic E-state index is 0. The molecule has 0 saturated heterocycles. The molecule has 1 aromatic heterocycles. The zero-order chi connectivity index (χ0) is 9.73. The molecule has 0 spiro atoms. The topological polar surface area (TPSA) is 24.9 Å². The van der Waals surface area contributed by atoms with E-state index in [-0.39, 0.29) is 17.9 Å². The Kier molecular flexibility index (Phi) is 5.73. The van der Waals surface area contributed by atoms with E-state index in [1.165, 1.54) is 0 Å². The first-order chi connectivity index (χ1) is 6.14. The number of nitrogens with zero attached hydrogens (tertiary/aromatic N) is 1. The van der Waals surface area contributed by atoms with E-state index >= 15 is 0 Å². The van der Waals surface area contributed by atoms with E-state index in [0.29, 0.717) is 0 Å². The van der Waals surface area contributed by atoms with E-state index in [0.717, 1.165) is 18.7 Å². The molecule has 0 aromatic carbocycles. The third kappa shape index (κ3) is 4.58. The number of nitrogens with one attached hydrogen (secondary N) is 1. The molecule has 0 saturated carbocycles. The van der Waals surface area contributed by atoms with Crippen LogP contribution in [0.15, 0.2) is 24.4 Å². The van der Waals surface area contributed by atoms with E-state index in [9.17, 15) is 0 Å². The highest BCUT2D eigenvalue weighted by Crippen LogP contribution is 2.07. The van der Waals surface area contributed by atoms with Crippen LogP contribution in [0.5, 0.6) is 0 Å². The maximum absolute atomic E-state index is 4.25. The molecule has 0 aliphatic carbocycles. The maximum Gasteiger partial charge on any atom is 0.0541 e. The van der Waals surface area contributed by atoms with Crippen LogP contribution in [0.25, 0.3) is 0 Å². The molecule has 1 heterocycles. The van der Waals surface area contributed by atoms with Gasteiger partial charge in [-0.3, -0.25) is 4.98 Å². The van der Waals surface area contributed by atoms with Crippen LogP contribution in [0, 0.1) is 0 Å². The molecule has 0 atom stereocenters. The van der Waals surface area contributed by atoms with Crippen molar-refractivity contribution >= 4 is 0 Å². The van der Waals surface area contributed by atoms with E-state index < -0.39 is 0 Å². The molecule has 0 aliphatic heterocycles. The predicted molar refractivity (Wildman–Crippen MR) is 55.4 cm³/mol. The number of halogens is 1. The van der Waals surface area contributed by atoms with E-state index in [1.807, 2.05) is 24.4 Å². The van der Waals surface area contributed by atoms with Gasteiger partial charge in [-0.15, -0.1) is 0 Å². The quantitative estimate of drug-likeness (QED) is 0.720. The van der Waals surface area contributed by atoms with Gasteiger partial charge in [-0.2, -0.15) is 0 Å². The number of aromatic nitrogens is 1. The van der Waals surface area contributed by atoms with Gasteiger partial charge in [0.05, 0.1) is 5.69 Å². The minimum absolute atomic E-state index is 0. The second kappa shape index (κ2) is 5.99. The van der Waals surface area contributed by atoms with Crippen molar-refractivity contribution in [3.05, 3.63) is 30.1 Å². The van der Waals surface area contributed by atoms with E-state index in [2.05, 4.69) is 31.1 Å². The van der Waals surface area contributed by atoms with Crippen LogP contribution < -0.4 is 17.7 Å². The highest BCUT2D eigenvalue weighted by atomic mass is 35.5. The first kappa shape index (κ1) is 13.4. The zero-order valence-corrected chi connectivity index (χ0v) is 9.80. The molecule has 80 valence electrons. The number of hydrogen-bond acceptors (Lipinski definition) is 2. The van der Waals surface area contributed by atoms with E-state index in [1.54, 1.807) is 0 Å². The Labute approximate surface area is 92.5 Å². The number of rotatable bonds is 4. The van der Waals surface area contributed by atoms with Gasteiger partial charge in [0.25, 0.3) is 0 Å². The maximum atomic E-state index is 4.25. The Hall–Kier alpha value is -0.600. The van der Waals surface area contributed by atoms with Crippen molar-refractivity contribution in [1.29, 1.82) is 0 Å². The van der Waals surface area contributed by atoms with Gasteiger partial charge in [0.15, 0.2) is 0 Å². The van der Waals surface area contributed by atoms with Crippen molar-refractivity contribution in [1.82, 2.24) is 10.3 Å². The third-order valence-electron chi connectivity index (χ3n) is 2.36. The molecule has 14 heavy (non-hydrogen) atoms. The van der Waals surface area contributed by atoms with Crippen LogP contribution >= 0.6 is 0 Å². The lowest BCUT2D eigenvalue weighted by Crippen LogP contribution is -3.00. The molecule has 0 fully saturated rings. The van der Waals surface area contributed by atoms with Crippen LogP contribution in [0.2, 0.25) is 0 Å². The van der Waals surface area contributed by atoms with Crippen molar-refractivity contribution in [2.24, 2.45) is 0 Å². The molecule has 1 rings (SSSR count). The smallest absolute Gasteiger partial charge is 0.0541 e. The SMILES string of the molecule is CCC(C)(C)NCc1ccccn1.[Cl-]. The van der Waals surface area contributed by atoms with Crippen LogP contribution in [0.4, 0.5) is 0 Å². The third-order valence-corrected chi connectivity index (χ3v) is 2.36. The summed E-state index contributed by atoms with van der Waals surface area (Å²) in [5.41, 5.74) is 1.31. The first-order valence-corrected chi connectivity index (χ1v) is 4.79. The lowest BCUT2D eigenvalue weighted by atomic mass is 10.0. The normalized spacial score (nSPS) is 10.8. The van der Waals surface area contributed by atoms with Gasteiger partial charge in [-0.25, -0.2) is 0 Å². The molecular formula is C11H18ClN2-. The Morgan fingerprint density at radius 1 is 1.36 bits per heavy atom. The van der Waals surface area contributed by atoms with Gasteiger partial charge in [0.1, 0.15) is 0 Å². The summed E-state index contributed by atoms with van der Waals surface area (Å²) in [6.45, 7) is 7.44. The summed E-state index contributed by atoms with van der Waals surface area (Å²) in [5.74, 6) is 0. The summed E-state index contributed by atoms with van der Waals surface area (Å²) in [6.07, 6.45) is 2.95. The van der Waals surface area contributed by atoms with Gasteiger partial charge in [-0.05, 0) is 32.4 Å². The molecule has 1 N–H and O–H groups in total. The fourth-order valence-electron chi connectivity index (χ4n) is 0.958. The van der Waals surface area contributed by atoms with Crippen molar-refractivity contribution < 1.29 is 12.4 Å². The molecule has 0 amide bonds. The predicted octanol–water partition coefficient (Wildman–Crippen LogP) is -0.636. The molecule has 0 radical (unpaired) electrons. The highest BCUT2D eigenvalue weighted by molar-refractivity contribution is 5.03. The second-order valence-electron chi connectivity index (χ2n) is 3.91. The van der Waals surface area contributed by atoms with Crippen LogP contribution in [0.3, 0.4) is 0 Å². The first-order valence-electron chi connectivity index (χ1n) is 4.79. The van der Waals surface area contributed by atoms with Crippen molar-refractivity contribution in [2.75, 3.05) is 0 Å². The molecule has 1 aromatic rings. The lowest BCUT2D eigenvalue weighted by molar-refractivity contribution is -0.00000340. The fourth-order valence-corrected chi connectivity index (χ4v) is 0.958. The van der Waals surface area contributed by atoms with Gasteiger partial charge < -0.3 is 17.7 Å². The van der Waals surface area contributed by atoms with Crippen LogP contribution in [-0.2, 0) is 6.54 Å². The van der Waals surface area contributed by atoms with E-state index in [4.69, 9.17) is 0 Å². The summed E-state index contributed by atoms with van der Waals surface area (Å²) >= 11 is 0. The summed E-state index contributed by atoms with van der Waals surface area (Å²) in [4.78, 5) is 4.25. The lowest BCUT2D eigenvalue weighted by Gasteiger charge is -2.24. The average Bonchev–Trinajstić information content (AvgIpc) is 2.17. The standard InChI is InChI=1S/C11H18N2.ClH/c1-4-11(2,3)13-9-10-7-5-6-8-12-10;/h5-8,13H,4,9H2,1-3H3;1H/p-1. The highest BCUT2D eigenvalue weighted by Gasteiger charge is 2.13. The van der Waals surface area contributed by atoms with Crippen molar-refractivity contribution in [3.63, 3.8) is 0 Å². The molecule has 0 aliphatic rings. The largest absolute Gasteiger partial charge is 1.00 e. The molecule has 2 nitrogen and oxygen atoms in total. The van der Waals surface area contributed by atoms with Crippen molar-refractivity contribution in [3.8, 4) is 0 Å². The molecule has 3 heteroatoms. The summed E-state index contributed by atoms with van der Waals surface area (Å²) in [5, 5.41) is 3.46. The zero-order valence-electron chi connectivity index (χ0n) is 9.05. The van der Waals surface area contributed by atoms with Crippen molar-refractivity contribution in [2.45, 2.75) is 39.3 Å². The Morgan fingerprint density at radius 3 is 2.57 bits per heavy atom. The number of pyridine rings is 1. The van der Waals surface area contributed by atoms with Gasteiger partial charge in [0, 0.05) is 18.3 Å². The van der Waals surface area contributed by atoms with Crippen LogP contribution in [0.1, 0.15) is 32.9 Å². The van der Waals surface area contributed by atoms with Crippen LogP contribution in [-0.4, -0.2) is 10.5 Å². The molecular weight excluding hydrogens is 196 g/mol. The monoisotopic (exact) mass is 213 g/mol. The average molecular weight is 214 g/mol. The Bertz CT molecular complexity index is 247. The fraction of sp³-hybridized carbons (Fsp3) is 0.545. The van der Waals surface area contributed by atoms with Gasteiger partial charge in [-0.1, -0.05) is 13.0 Å². The Balaban J connectivity index is 0.00000169. The second-order valence-corrected chi connectivity index (χ2v) is 3.91. The molecule has 0 bridgehead atoms. The Morgan fingerprint density at radius 2 is 2.07 bits per heavy atom. The number of hydrogen-bond donors (Lipinski definition) is 1. The molecule has 0 unspecified atom stereocenters. The van der Waals surface area contributed by atoms with Gasteiger partial charge >= 0.3 is 0 Å². The summed E-state index contributed by atoms with van der Waals surface area (Å²) < 4.78 is 0. The summed E-state index contributed by atoms with van der Waals surface area (Å²) in [7, 11) is 0. The summed E-state index contributed by atoms with van der Waals surface area (Å²) in [6, 6.07) is 6.00.